The molecular weight excluding hydrogens is 368 g/mol. The largest absolute Gasteiger partial charge is 0.487 e. The summed E-state index contributed by atoms with van der Waals surface area (Å²) in [6.45, 7) is 0.365. The van der Waals surface area contributed by atoms with Gasteiger partial charge in [-0.3, -0.25) is 14.9 Å². The fourth-order valence-electron chi connectivity index (χ4n) is 2.97. The van der Waals surface area contributed by atoms with Gasteiger partial charge >= 0.3 is 5.69 Å². The van der Waals surface area contributed by atoms with Crippen LogP contribution in [-0.4, -0.2) is 17.4 Å². The molecule has 0 heterocycles. The van der Waals surface area contributed by atoms with E-state index in [1.165, 1.54) is 11.6 Å². The number of hydrogen-bond donors (Lipinski definition) is 1. The number of hydrogen-bond acceptors (Lipinski definition) is 4. The van der Waals surface area contributed by atoms with Gasteiger partial charge in [-0.1, -0.05) is 54.6 Å². The lowest BCUT2D eigenvalue weighted by atomic mass is 10.1. The van der Waals surface area contributed by atoms with Gasteiger partial charge in [-0.2, -0.15) is 0 Å². The summed E-state index contributed by atoms with van der Waals surface area (Å²) in [4.78, 5) is 23.4. The van der Waals surface area contributed by atoms with Crippen molar-refractivity contribution in [3.63, 3.8) is 0 Å². The van der Waals surface area contributed by atoms with Crippen molar-refractivity contribution in [2.75, 3.05) is 11.9 Å². The molecule has 0 fully saturated rings. The van der Waals surface area contributed by atoms with E-state index in [2.05, 4.69) is 17.4 Å². The molecule has 0 aliphatic rings. The molecular formula is C23H22N2O4. The van der Waals surface area contributed by atoms with Gasteiger partial charge in [0.25, 0.3) is 5.91 Å². The quantitative estimate of drug-likeness (QED) is 0.307. The molecule has 0 saturated heterocycles. The monoisotopic (exact) mass is 390 g/mol. The molecule has 0 aromatic heterocycles. The molecule has 29 heavy (non-hydrogen) atoms. The predicted octanol–water partition coefficient (Wildman–Crippen LogP) is 5.25. The Bertz CT molecular complexity index is 959. The van der Waals surface area contributed by atoms with Crippen molar-refractivity contribution < 1.29 is 14.5 Å². The highest BCUT2D eigenvalue weighted by atomic mass is 16.6. The van der Waals surface area contributed by atoms with Crippen molar-refractivity contribution in [1.29, 1.82) is 0 Å². The van der Waals surface area contributed by atoms with E-state index < -0.39 is 10.8 Å². The predicted molar refractivity (Wildman–Crippen MR) is 112 cm³/mol. The third-order valence-electron chi connectivity index (χ3n) is 4.43. The highest BCUT2D eigenvalue weighted by Crippen LogP contribution is 2.35. The number of anilines is 1. The topological polar surface area (TPSA) is 81.5 Å². The maximum Gasteiger partial charge on any atom is 0.334 e. The van der Waals surface area contributed by atoms with Crippen molar-refractivity contribution in [2.45, 2.75) is 19.3 Å². The highest BCUT2D eigenvalue weighted by molar-refractivity contribution is 6.05. The zero-order valence-electron chi connectivity index (χ0n) is 15.9. The second-order valence-electron chi connectivity index (χ2n) is 6.52. The van der Waals surface area contributed by atoms with E-state index in [1.807, 2.05) is 18.2 Å². The van der Waals surface area contributed by atoms with Crippen LogP contribution in [-0.2, 0) is 6.42 Å². The Labute approximate surface area is 169 Å². The maximum atomic E-state index is 12.4. The number of nitro groups is 1. The van der Waals surface area contributed by atoms with E-state index in [9.17, 15) is 14.9 Å². The molecule has 0 unspecified atom stereocenters. The van der Waals surface area contributed by atoms with Crippen LogP contribution in [0.2, 0.25) is 0 Å². The maximum absolute atomic E-state index is 12.4. The molecule has 0 bridgehead atoms. The molecule has 1 N–H and O–H groups in total. The van der Waals surface area contributed by atoms with E-state index in [0.717, 1.165) is 19.3 Å². The minimum Gasteiger partial charge on any atom is -0.487 e. The average Bonchev–Trinajstić information content (AvgIpc) is 2.74. The first-order chi connectivity index (χ1) is 14.1. The first-order valence-corrected chi connectivity index (χ1v) is 9.45. The molecule has 6 heteroatoms. The number of aryl methyl sites for hydroxylation is 1. The molecule has 0 radical (unpaired) electrons. The molecule has 1 amide bonds. The summed E-state index contributed by atoms with van der Waals surface area (Å²) in [6.07, 6.45) is 2.62. The van der Waals surface area contributed by atoms with Gasteiger partial charge in [-0.15, -0.1) is 0 Å². The van der Waals surface area contributed by atoms with Gasteiger partial charge in [0.15, 0.2) is 5.75 Å². The summed E-state index contributed by atoms with van der Waals surface area (Å²) >= 11 is 0. The van der Waals surface area contributed by atoms with Crippen LogP contribution in [0.4, 0.5) is 11.4 Å². The molecule has 3 rings (SSSR count). The lowest BCUT2D eigenvalue weighted by Crippen LogP contribution is -2.13. The van der Waals surface area contributed by atoms with E-state index in [1.54, 1.807) is 42.5 Å². The number of nitro benzene ring substituents is 1. The van der Waals surface area contributed by atoms with Crippen molar-refractivity contribution in [3.8, 4) is 5.75 Å². The second kappa shape index (κ2) is 10.0. The van der Waals surface area contributed by atoms with Gasteiger partial charge in [0, 0.05) is 5.56 Å². The standard InChI is InChI=1S/C23H22N2O4/c26-23(19-13-5-2-6-14-19)24-20-15-9-16-21(22(20)25(27)28)29-17-8-7-12-18-10-3-1-4-11-18/h1-6,9-11,13-16H,7-8,12,17H2,(H,24,26). The number of carbonyl (C=O) groups excluding carboxylic acids is 1. The Kier molecular flexibility index (Phi) is 6.95. The van der Waals surface area contributed by atoms with E-state index in [-0.39, 0.29) is 17.1 Å². The van der Waals surface area contributed by atoms with Gasteiger partial charge in [-0.25, -0.2) is 0 Å². The van der Waals surface area contributed by atoms with E-state index >= 15 is 0 Å². The number of unbranched alkanes of at least 4 members (excludes halogenated alkanes) is 1. The average molecular weight is 390 g/mol. The lowest BCUT2D eigenvalue weighted by molar-refractivity contribution is -0.384. The van der Waals surface area contributed by atoms with Crippen molar-refractivity contribution in [1.82, 2.24) is 0 Å². The zero-order valence-corrected chi connectivity index (χ0v) is 15.9. The zero-order chi connectivity index (χ0) is 20.5. The van der Waals surface area contributed by atoms with Gasteiger partial charge in [-0.05, 0) is 49.1 Å². The molecule has 0 spiro atoms. The molecule has 0 aliphatic heterocycles. The number of ether oxygens (including phenoxy) is 1. The normalized spacial score (nSPS) is 10.3. The van der Waals surface area contributed by atoms with Crippen molar-refractivity contribution in [3.05, 3.63) is 100 Å². The van der Waals surface area contributed by atoms with E-state index in [4.69, 9.17) is 4.74 Å². The fourth-order valence-corrected chi connectivity index (χ4v) is 2.97. The minimum absolute atomic E-state index is 0.116. The number of carbonyl (C=O) groups is 1. The smallest absolute Gasteiger partial charge is 0.334 e. The molecule has 0 aliphatic carbocycles. The van der Waals surface area contributed by atoms with Crippen LogP contribution in [0, 0.1) is 10.1 Å². The van der Waals surface area contributed by atoms with Crippen LogP contribution >= 0.6 is 0 Å². The van der Waals surface area contributed by atoms with Crippen LogP contribution in [0.5, 0.6) is 5.75 Å². The molecule has 3 aromatic carbocycles. The third kappa shape index (κ3) is 5.65. The summed E-state index contributed by atoms with van der Waals surface area (Å²) in [5.41, 5.74) is 1.56. The molecule has 6 nitrogen and oxygen atoms in total. The molecule has 0 saturated carbocycles. The number of benzene rings is 3. The summed E-state index contributed by atoms with van der Waals surface area (Å²) in [6, 6.07) is 23.4. The van der Waals surface area contributed by atoms with Gasteiger partial charge < -0.3 is 10.1 Å². The summed E-state index contributed by atoms with van der Waals surface area (Å²) < 4.78 is 5.67. The Morgan fingerprint density at radius 1 is 0.897 bits per heavy atom. The van der Waals surface area contributed by atoms with Crippen LogP contribution < -0.4 is 10.1 Å². The minimum atomic E-state index is -0.528. The Hall–Kier alpha value is -3.67. The number of amides is 1. The van der Waals surface area contributed by atoms with Crippen LogP contribution in [0.1, 0.15) is 28.8 Å². The van der Waals surface area contributed by atoms with Gasteiger partial charge in [0.05, 0.1) is 11.5 Å². The highest BCUT2D eigenvalue weighted by Gasteiger charge is 2.22. The third-order valence-corrected chi connectivity index (χ3v) is 4.43. The van der Waals surface area contributed by atoms with E-state index in [0.29, 0.717) is 12.2 Å². The molecule has 3 aromatic rings. The lowest BCUT2D eigenvalue weighted by Gasteiger charge is -2.11. The Morgan fingerprint density at radius 3 is 2.28 bits per heavy atom. The molecule has 0 atom stereocenters. The first-order valence-electron chi connectivity index (χ1n) is 9.45. The second-order valence-corrected chi connectivity index (χ2v) is 6.52. The molecule has 148 valence electrons. The van der Waals surface area contributed by atoms with Crippen molar-refractivity contribution in [2.24, 2.45) is 0 Å². The Morgan fingerprint density at radius 2 is 1.59 bits per heavy atom. The van der Waals surface area contributed by atoms with Crippen LogP contribution in [0.3, 0.4) is 0 Å². The summed E-state index contributed by atoms with van der Waals surface area (Å²) in [7, 11) is 0. The number of nitrogens with one attached hydrogen (secondary N) is 1. The summed E-state index contributed by atoms with van der Waals surface area (Å²) in [5, 5.41) is 14.2. The van der Waals surface area contributed by atoms with Crippen LogP contribution in [0.25, 0.3) is 0 Å². The number of nitrogens with zero attached hydrogens (tertiary/aromatic N) is 1. The number of para-hydroxylation sites is 1. The van der Waals surface area contributed by atoms with Crippen molar-refractivity contribution >= 4 is 17.3 Å². The Balaban J connectivity index is 1.62. The van der Waals surface area contributed by atoms with Gasteiger partial charge in [0.2, 0.25) is 0 Å². The number of rotatable bonds is 9. The van der Waals surface area contributed by atoms with Crippen LogP contribution in [0.15, 0.2) is 78.9 Å². The summed E-state index contributed by atoms with van der Waals surface area (Å²) in [5.74, 6) is -0.255. The fraction of sp³-hybridized carbons (Fsp3) is 0.174. The SMILES string of the molecule is O=C(Nc1cccc(OCCCCc2ccccc2)c1[N+](=O)[O-])c1ccccc1. The van der Waals surface area contributed by atoms with Gasteiger partial charge in [0.1, 0.15) is 5.69 Å². The first kappa shape index (κ1) is 20.1.